The highest BCUT2D eigenvalue weighted by Gasteiger charge is 2.16. The van der Waals surface area contributed by atoms with E-state index in [0.717, 1.165) is 10.1 Å². The zero-order valence-electron chi connectivity index (χ0n) is 14.2. The molecular formula is C18H17ClN4O2S. The molecule has 1 amide bonds. The van der Waals surface area contributed by atoms with Crippen LogP contribution in [0.4, 0.5) is 5.69 Å². The Bertz CT molecular complexity index is 898. The number of nitrogens with zero attached hydrogens (tertiary/aromatic N) is 3. The number of aromatic nitrogens is 3. The van der Waals surface area contributed by atoms with Crippen LogP contribution in [-0.4, -0.2) is 26.8 Å². The van der Waals surface area contributed by atoms with Gasteiger partial charge in [-0.1, -0.05) is 23.7 Å². The molecule has 2 aromatic carbocycles. The molecule has 0 aliphatic rings. The molecule has 1 unspecified atom stereocenters. The largest absolute Gasteiger partial charge is 0.479 e. The number of aryl methyl sites for hydroxylation is 1. The molecule has 3 aromatic rings. The van der Waals surface area contributed by atoms with Crippen molar-refractivity contribution in [1.29, 1.82) is 0 Å². The maximum absolute atomic E-state index is 12.3. The summed E-state index contributed by atoms with van der Waals surface area (Å²) in [5.41, 5.74) is 0.687. The van der Waals surface area contributed by atoms with E-state index in [1.165, 1.54) is 11.8 Å². The third-order valence-electron chi connectivity index (χ3n) is 3.51. The summed E-state index contributed by atoms with van der Waals surface area (Å²) in [6.07, 6.45) is 0.972. The maximum Gasteiger partial charge on any atom is 0.265 e. The zero-order valence-corrected chi connectivity index (χ0v) is 15.8. The molecule has 134 valence electrons. The van der Waals surface area contributed by atoms with Crippen molar-refractivity contribution >= 4 is 35.0 Å². The lowest BCUT2D eigenvalue weighted by Gasteiger charge is -2.15. The van der Waals surface area contributed by atoms with E-state index in [1.54, 1.807) is 37.5 Å². The predicted molar refractivity (Wildman–Crippen MR) is 102 cm³/mol. The van der Waals surface area contributed by atoms with Crippen molar-refractivity contribution in [2.45, 2.75) is 23.1 Å². The third kappa shape index (κ3) is 4.56. The minimum Gasteiger partial charge on any atom is -0.479 e. The van der Waals surface area contributed by atoms with E-state index in [4.69, 9.17) is 16.3 Å². The first kappa shape index (κ1) is 18.3. The average Bonchev–Trinajstić information content (AvgIpc) is 3.03. The van der Waals surface area contributed by atoms with Crippen LogP contribution in [0.15, 0.2) is 64.9 Å². The Labute approximate surface area is 160 Å². The Hall–Kier alpha value is -2.51. The van der Waals surface area contributed by atoms with Gasteiger partial charge >= 0.3 is 0 Å². The van der Waals surface area contributed by atoms with Crippen molar-refractivity contribution in [2.75, 3.05) is 5.32 Å². The lowest BCUT2D eigenvalue weighted by atomic mass is 10.3. The molecule has 0 bridgehead atoms. The molecule has 1 atom stereocenters. The predicted octanol–water partition coefficient (Wildman–Crippen LogP) is 4.03. The van der Waals surface area contributed by atoms with Crippen LogP contribution in [0.25, 0.3) is 0 Å². The van der Waals surface area contributed by atoms with Crippen LogP contribution in [0.2, 0.25) is 5.02 Å². The van der Waals surface area contributed by atoms with Gasteiger partial charge in [0.25, 0.3) is 5.91 Å². The first-order chi connectivity index (χ1) is 12.5. The summed E-state index contributed by atoms with van der Waals surface area (Å²) < 4.78 is 7.46. The van der Waals surface area contributed by atoms with Gasteiger partial charge in [0.1, 0.15) is 12.1 Å². The van der Waals surface area contributed by atoms with Crippen molar-refractivity contribution < 1.29 is 9.53 Å². The van der Waals surface area contributed by atoms with Crippen LogP contribution >= 0.6 is 23.4 Å². The van der Waals surface area contributed by atoms with Gasteiger partial charge in [-0.05, 0) is 55.1 Å². The van der Waals surface area contributed by atoms with Gasteiger partial charge in [-0.2, -0.15) is 0 Å². The number of amides is 1. The molecule has 0 aliphatic heterocycles. The number of hydrogen-bond donors (Lipinski definition) is 1. The number of para-hydroxylation sites is 1. The van der Waals surface area contributed by atoms with Crippen LogP contribution in [0.1, 0.15) is 6.92 Å². The lowest BCUT2D eigenvalue weighted by molar-refractivity contribution is -0.122. The second-order valence-corrected chi connectivity index (χ2v) is 6.98. The van der Waals surface area contributed by atoms with E-state index in [1.807, 2.05) is 35.9 Å². The summed E-state index contributed by atoms with van der Waals surface area (Å²) in [6.45, 7) is 1.68. The number of benzene rings is 2. The third-order valence-corrected chi connectivity index (χ3v) is 4.88. The molecule has 1 N–H and O–H groups in total. The quantitative estimate of drug-likeness (QED) is 0.690. The molecule has 1 aromatic heterocycles. The molecule has 0 aliphatic carbocycles. The van der Waals surface area contributed by atoms with Gasteiger partial charge in [-0.3, -0.25) is 4.79 Å². The van der Waals surface area contributed by atoms with Crippen molar-refractivity contribution in [3.63, 3.8) is 0 Å². The van der Waals surface area contributed by atoms with Crippen LogP contribution < -0.4 is 10.1 Å². The Kier molecular flexibility index (Phi) is 5.80. The van der Waals surface area contributed by atoms with E-state index < -0.39 is 6.10 Å². The number of ether oxygens (including phenoxy) is 1. The first-order valence-corrected chi connectivity index (χ1v) is 9.06. The summed E-state index contributed by atoms with van der Waals surface area (Å²) >= 11 is 7.55. The normalized spacial score (nSPS) is 11.8. The van der Waals surface area contributed by atoms with Gasteiger partial charge in [-0.15, -0.1) is 10.2 Å². The molecule has 6 nitrogen and oxygen atoms in total. The van der Waals surface area contributed by atoms with Gasteiger partial charge in [-0.25, -0.2) is 0 Å². The van der Waals surface area contributed by atoms with E-state index in [-0.39, 0.29) is 5.91 Å². The van der Waals surface area contributed by atoms with Gasteiger partial charge in [0.2, 0.25) is 0 Å². The number of halogens is 1. The minimum atomic E-state index is -0.678. The molecule has 0 saturated carbocycles. The molecule has 0 spiro atoms. The summed E-state index contributed by atoms with van der Waals surface area (Å²) in [4.78, 5) is 13.3. The molecule has 1 heterocycles. The standard InChI is InChI=1S/C18H17ClN4O2S/c1-12(25-16-6-4-3-5-15(16)19)17(24)21-13-7-9-14(10-8-13)26-18-22-20-11-23(18)2/h3-12H,1-2H3,(H,21,24). The topological polar surface area (TPSA) is 69.0 Å². The highest BCUT2D eigenvalue weighted by atomic mass is 35.5. The Balaban J connectivity index is 1.59. The molecule has 3 rings (SSSR count). The second kappa shape index (κ2) is 8.25. The van der Waals surface area contributed by atoms with E-state index >= 15 is 0 Å². The number of anilines is 1. The fourth-order valence-electron chi connectivity index (χ4n) is 2.10. The summed E-state index contributed by atoms with van der Waals surface area (Å²) in [7, 11) is 1.89. The molecule has 0 saturated heterocycles. The van der Waals surface area contributed by atoms with Crippen molar-refractivity contribution in [1.82, 2.24) is 14.8 Å². The Morgan fingerprint density at radius 2 is 1.96 bits per heavy atom. The number of hydrogen-bond acceptors (Lipinski definition) is 5. The van der Waals surface area contributed by atoms with Crippen molar-refractivity contribution in [3.05, 3.63) is 59.9 Å². The Morgan fingerprint density at radius 3 is 2.62 bits per heavy atom. The van der Waals surface area contributed by atoms with Gasteiger partial charge < -0.3 is 14.6 Å². The molecular weight excluding hydrogens is 372 g/mol. The summed E-state index contributed by atoms with van der Waals surface area (Å²) in [5, 5.41) is 12.0. The van der Waals surface area contributed by atoms with Crippen LogP contribution in [0.3, 0.4) is 0 Å². The molecule has 0 fully saturated rings. The number of rotatable bonds is 6. The second-order valence-electron chi connectivity index (χ2n) is 5.53. The maximum atomic E-state index is 12.3. The minimum absolute atomic E-state index is 0.251. The van der Waals surface area contributed by atoms with E-state index in [0.29, 0.717) is 16.5 Å². The van der Waals surface area contributed by atoms with Crippen LogP contribution in [0, 0.1) is 0 Å². The van der Waals surface area contributed by atoms with Crippen molar-refractivity contribution in [2.24, 2.45) is 7.05 Å². The smallest absolute Gasteiger partial charge is 0.265 e. The molecule has 0 radical (unpaired) electrons. The molecule has 26 heavy (non-hydrogen) atoms. The SMILES string of the molecule is CC(Oc1ccccc1Cl)C(=O)Nc1ccc(Sc2nncn2C)cc1. The number of carbonyl (C=O) groups is 1. The monoisotopic (exact) mass is 388 g/mol. The first-order valence-electron chi connectivity index (χ1n) is 7.87. The van der Waals surface area contributed by atoms with E-state index in [2.05, 4.69) is 15.5 Å². The van der Waals surface area contributed by atoms with Gasteiger partial charge in [0.05, 0.1) is 5.02 Å². The van der Waals surface area contributed by atoms with Gasteiger partial charge in [0, 0.05) is 17.6 Å². The fourth-order valence-corrected chi connectivity index (χ4v) is 3.05. The fraction of sp³-hybridized carbons (Fsp3) is 0.167. The number of nitrogens with one attached hydrogen (secondary N) is 1. The van der Waals surface area contributed by atoms with E-state index in [9.17, 15) is 4.79 Å². The highest BCUT2D eigenvalue weighted by Crippen LogP contribution is 2.27. The summed E-state index contributed by atoms with van der Waals surface area (Å²) in [5.74, 6) is 0.228. The van der Waals surface area contributed by atoms with Gasteiger partial charge in [0.15, 0.2) is 11.3 Å². The van der Waals surface area contributed by atoms with Crippen molar-refractivity contribution in [3.8, 4) is 5.75 Å². The summed E-state index contributed by atoms with van der Waals surface area (Å²) in [6, 6.07) is 14.5. The molecule has 8 heteroatoms. The van der Waals surface area contributed by atoms with Crippen LogP contribution in [-0.2, 0) is 11.8 Å². The van der Waals surface area contributed by atoms with Crippen LogP contribution in [0.5, 0.6) is 5.75 Å². The lowest BCUT2D eigenvalue weighted by Crippen LogP contribution is -2.30. The number of carbonyl (C=O) groups excluding carboxylic acids is 1. The highest BCUT2D eigenvalue weighted by molar-refractivity contribution is 7.99. The Morgan fingerprint density at radius 1 is 1.23 bits per heavy atom. The average molecular weight is 389 g/mol. The zero-order chi connectivity index (χ0) is 18.5.